The molecule has 1 heterocycles. The molecule has 0 aliphatic heterocycles. The van der Waals surface area contributed by atoms with E-state index >= 15 is 0 Å². The van der Waals surface area contributed by atoms with Gasteiger partial charge in [0.1, 0.15) is 17.5 Å². The van der Waals surface area contributed by atoms with Crippen molar-refractivity contribution in [1.29, 1.82) is 0 Å². The number of hydrogen-bond acceptors (Lipinski definition) is 7. The number of methoxy groups -OCH3 is 2. The molecular weight excluding hydrogens is 364 g/mol. The minimum absolute atomic E-state index is 0.151. The Balaban J connectivity index is 2.05. The summed E-state index contributed by atoms with van der Waals surface area (Å²) in [4.78, 5) is 41.2. The van der Waals surface area contributed by atoms with E-state index in [2.05, 4.69) is 15.6 Å². The largest absolute Gasteiger partial charge is 0.497 e. The fraction of sp³-hybridized carbons (Fsp3) is 0.579. The Morgan fingerprint density at radius 1 is 1.32 bits per heavy atom. The molecule has 0 bridgehead atoms. The summed E-state index contributed by atoms with van der Waals surface area (Å²) in [6.07, 6.45) is 4.61. The highest BCUT2D eigenvalue weighted by atomic mass is 16.5. The number of aromatic nitrogens is 1. The molecule has 9 nitrogen and oxygen atoms in total. The van der Waals surface area contributed by atoms with Crippen LogP contribution in [-0.2, 0) is 14.3 Å². The van der Waals surface area contributed by atoms with Crippen molar-refractivity contribution in [3.8, 4) is 5.75 Å². The van der Waals surface area contributed by atoms with Gasteiger partial charge in [0.15, 0.2) is 0 Å². The number of nitrogens with one attached hydrogen (secondary N) is 2. The van der Waals surface area contributed by atoms with Crippen molar-refractivity contribution < 1.29 is 23.9 Å². The van der Waals surface area contributed by atoms with Crippen molar-refractivity contribution in [2.75, 3.05) is 20.8 Å². The lowest BCUT2D eigenvalue weighted by molar-refractivity contribution is -0.146. The number of hydrogen-bond donors (Lipinski definition) is 3. The SMILES string of the molecule is COC(=O)[C@@H]1CCC[C@@H]1NC(=O)[C@H](CCCN)NC(=O)c1cc(OC)ccn1. The van der Waals surface area contributed by atoms with E-state index in [-0.39, 0.29) is 29.5 Å². The molecule has 0 spiro atoms. The minimum atomic E-state index is -0.775. The second kappa shape index (κ2) is 10.6. The van der Waals surface area contributed by atoms with E-state index in [1.54, 1.807) is 6.07 Å². The maximum Gasteiger partial charge on any atom is 0.310 e. The van der Waals surface area contributed by atoms with E-state index in [1.165, 1.54) is 26.5 Å². The maximum absolute atomic E-state index is 12.8. The average Bonchev–Trinajstić information content (AvgIpc) is 3.18. The van der Waals surface area contributed by atoms with Gasteiger partial charge in [-0.15, -0.1) is 0 Å². The van der Waals surface area contributed by atoms with Crippen LogP contribution in [0.2, 0.25) is 0 Å². The molecule has 28 heavy (non-hydrogen) atoms. The van der Waals surface area contributed by atoms with Crippen LogP contribution < -0.4 is 21.1 Å². The Morgan fingerprint density at radius 2 is 2.11 bits per heavy atom. The third-order valence-corrected chi connectivity index (χ3v) is 4.87. The average molecular weight is 392 g/mol. The Labute approximate surface area is 164 Å². The van der Waals surface area contributed by atoms with E-state index in [1.807, 2.05) is 0 Å². The first kappa shape index (κ1) is 21.6. The standard InChI is InChI=1S/C19H28N4O5/c1-27-12-8-10-21-16(11-12)18(25)23-15(7-4-9-20)17(24)22-14-6-3-5-13(14)19(26)28-2/h8,10-11,13-15H,3-7,9,20H2,1-2H3,(H,22,24)(H,23,25)/t13-,14+,15+/m1/s1. The molecule has 1 aromatic heterocycles. The molecule has 0 unspecified atom stereocenters. The fourth-order valence-corrected chi connectivity index (χ4v) is 3.33. The van der Waals surface area contributed by atoms with Crippen LogP contribution in [0.3, 0.4) is 0 Å². The summed E-state index contributed by atoms with van der Waals surface area (Å²) in [5.41, 5.74) is 5.72. The van der Waals surface area contributed by atoms with Gasteiger partial charge in [0, 0.05) is 18.3 Å². The minimum Gasteiger partial charge on any atom is -0.497 e. The number of amides is 2. The summed E-state index contributed by atoms with van der Waals surface area (Å²) in [7, 11) is 2.83. The monoisotopic (exact) mass is 392 g/mol. The van der Waals surface area contributed by atoms with E-state index in [4.69, 9.17) is 15.2 Å². The number of carbonyl (C=O) groups is 3. The maximum atomic E-state index is 12.8. The Morgan fingerprint density at radius 3 is 2.79 bits per heavy atom. The van der Waals surface area contributed by atoms with E-state index < -0.39 is 11.9 Å². The van der Waals surface area contributed by atoms with Gasteiger partial charge in [0.05, 0.1) is 20.1 Å². The van der Waals surface area contributed by atoms with Crippen LogP contribution in [0.5, 0.6) is 5.75 Å². The molecule has 0 radical (unpaired) electrons. The smallest absolute Gasteiger partial charge is 0.310 e. The predicted molar refractivity (Wildman–Crippen MR) is 102 cm³/mol. The van der Waals surface area contributed by atoms with E-state index in [9.17, 15) is 14.4 Å². The van der Waals surface area contributed by atoms with E-state index in [0.29, 0.717) is 38.0 Å². The number of esters is 1. The molecular formula is C19H28N4O5. The lowest BCUT2D eigenvalue weighted by Crippen LogP contribution is -2.51. The normalized spacial score (nSPS) is 19.5. The van der Waals surface area contributed by atoms with Crippen LogP contribution >= 0.6 is 0 Å². The van der Waals surface area contributed by atoms with Gasteiger partial charge in [-0.05, 0) is 38.3 Å². The second-order valence-corrected chi connectivity index (χ2v) is 6.71. The highest BCUT2D eigenvalue weighted by molar-refractivity contribution is 5.96. The molecule has 2 rings (SSSR count). The summed E-state index contributed by atoms with van der Waals surface area (Å²) in [5, 5.41) is 5.60. The zero-order valence-corrected chi connectivity index (χ0v) is 16.3. The van der Waals surface area contributed by atoms with Crippen molar-refractivity contribution in [2.45, 2.75) is 44.2 Å². The molecule has 1 fully saturated rings. The van der Waals surface area contributed by atoms with Gasteiger partial charge in [-0.1, -0.05) is 6.42 Å². The van der Waals surface area contributed by atoms with Crippen LogP contribution in [0, 0.1) is 5.92 Å². The second-order valence-electron chi connectivity index (χ2n) is 6.71. The predicted octanol–water partition coefficient (Wildman–Crippen LogP) is 0.385. The van der Waals surface area contributed by atoms with Gasteiger partial charge in [0.2, 0.25) is 5.91 Å². The Bertz CT molecular complexity index is 697. The van der Waals surface area contributed by atoms with E-state index in [0.717, 1.165) is 6.42 Å². The molecule has 3 atom stereocenters. The van der Waals surface area contributed by atoms with Gasteiger partial charge in [0.25, 0.3) is 5.91 Å². The van der Waals surface area contributed by atoms with Crippen LogP contribution in [-0.4, -0.2) is 55.6 Å². The third kappa shape index (κ3) is 5.66. The fourth-order valence-electron chi connectivity index (χ4n) is 3.33. The molecule has 1 aliphatic rings. The molecule has 1 aromatic rings. The van der Waals surface area contributed by atoms with Crippen molar-refractivity contribution in [3.05, 3.63) is 24.0 Å². The highest BCUT2D eigenvalue weighted by Gasteiger charge is 2.36. The van der Waals surface area contributed by atoms with Crippen LogP contribution in [0.15, 0.2) is 18.3 Å². The zero-order chi connectivity index (χ0) is 20.5. The summed E-state index contributed by atoms with van der Waals surface area (Å²) in [6, 6.07) is 2.05. The van der Waals surface area contributed by atoms with Gasteiger partial charge >= 0.3 is 5.97 Å². The van der Waals surface area contributed by atoms with Crippen LogP contribution in [0.25, 0.3) is 0 Å². The first-order chi connectivity index (χ1) is 13.5. The highest BCUT2D eigenvalue weighted by Crippen LogP contribution is 2.26. The molecule has 2 amide bonds. The van der Waals surface area contributed by atoms with Gasteiger partial charge < -0.3 is 25.8 Å². The number of carbonyl (C=O) groups excluding carboxylic acids is 3. The molecule has 0 saturated heterocycles. The summed E-state index contributed by atoms with van der Waals surface area (Å²) in [5.74, 6) is -1.02. The lowest BCUT2D eigenvalue weighted by Gasteiger charge is -2.23. The number of ether oxygens (including phenoxy) is 2. The van der Waals surface area contributed by atoms with Crippen LogP contribution in [0.4, 0.5) is 0 Å². The van der Waals surface area contributed by atoms with Gasteiger partial charge in [-0.25, -0.2) is 0 Å². The molecule has 0 aromatic carbocycles. The van der Waals surface area contributed by atoms with Gasteiger partial charge in [-0.2, -0.15) is 0 Å². The molecule has 1 aliphatic carbocycles. The third-order valence-electron chi connectivity index (χ3n) is 4.87. The first-order valence-corrected chi connectivity index (χ1v) is 9.39. The molecule has 9 heteroatoms. The van der Waals surface area contributed by atoms with Crippen molar-refractivity contribution >= 4 is 17.8 Å². The molecule has 154 valence electrons. The quantitative estimate of drug-likeness (QED) is 0.518. The van der Waals surface area contributed by atoms with Crippen LogP contribution in [0.1, 0.15) is 42.6 Å². The van der Waals surface area contributed by atoms with Crippen molar-refractivity contribution in [2.24, 2.45) is 11.7 Å². The summed E-state index contributed by atoms with van der Waals surface area (Å²) >= 11 is 0. The lowest BCUT2D eigenvalue weighted by atomic mass is 10.0. The van der Waals surface area contributed by atoms with Crippen molar-refractivity contribution in [1.82, 2.24) is 15.6 Å². The van der Waals surface area contributed by atoms with Gasteiger partial charge in [-0.3, -0.25) is 19.4 Å². The summed E-state index contributed by atoms with van der Waals surface area (Å²) < 4.78 is 9.92. The topological polar surface area (TPSA) is 133 Å². The molecule has 4 N–H and O–H groups in total. The Hall–Kier alpha value is -2.68. The number of nitrogens with zero attached hydrogens (tertiary/aromatic N) is 1. The molecule has 1 saturated carbocycles. The zero-order valence-electron chi connectivity index (χ0n) is 16.3. The van der Waals surface area contributed by atoms with Crippen molar-refractivity contribution in [3.63, 3.8) is 0 Å². The number of pyridine rings is 1. The number of rotatable bonds is 9. The summed E-state index contributed by atoms with van der Waals surface area (Å²) in [6.45, 7) is 0.394. The number of nitrogens with two attached hydrogens (primary N) is 1. The first-order valence-electron chi connectivity index (χ1n) is 9.39. The Kier molecular flexibility index (Phi) is 8.19.